The summed E-state index contributed by atoms with van der Waals surface area (Å²) in [5, 5.41) is 12.2. The first-order chi connectivity index (χ1) is 25.0. The molecule has 0 aliphatic carbocycles. The topological polar surface area (TPSA) is 116 Å². The second kappa shape index (κ2) is 16.4. The summed E-state index contributed by atoms with van der Waals surface area (Å²) in [6, 6.07) is 19.2. The van der Waals surface area contributed by atoms with Gasteiger partial charge in [-0.2, -0.15) is 0 Å². The number of fused-ring (bicyclic) bond motifs is 2. The number of halogens is 2. The number of ether oxygens (including phenoxy) is 6. The molecule has 4 aliphatic heterocycles. The number of carboxylic acids is 1. The number of hydrogen-bond donors (Lipinski definition) is 0. The van der Waals surface area contributed by atoms with Crippen molar-refractivity contribution in [2.75, 3.05) is 55.1 Å². The molecule has 11 nitrogen and oxygen atoms in total. The third-order valence-corrected chi connectivity index (χ3v) is 10.8. The molecule has 0 fully saturated rings. The average molecular weight is 782 g/mol. The molecule has 13 heteroatoms. The molecule has 0 N–H and O–H groups in total. The average Bonchev–Trinajstić information content (AvgIpc) is 3.11. The summed E-state index contributed by atoms with van der Waals surface area (Å²) in [6.45, 7) is 2.57. The zero-order valence-electron chi connectivity index (χ0n) is 31.3. The van der Waals surface area contributed by atoms with Crippen LogP contribution in [0.25, 0.3) is 0 Å². The maximum Gasteiger partial charge on any atom is 0.308 e. The summed E-state index contributed by atoms with van der Waals surface area (Å²) in [6.07, 6.45) is 2.47. The van der Waals surface area contributed by atoms with Crippen molar-refractivity contribution in [2.24, 2.45) is 0 Å². The van der Waals surface area contributed by atoms with Crippen molar-refractivity contribution in [3.63, 3.8) is 0 Å². The number of hydrogen-bond acceptors (Lipinski definition) is 10. The van der Waals surface area contributed by atoms with Crippen molar-refractivity contribution in [1.82, 2.24) is 4.90 Å². The Bertz CT molecular complexity index is 2040. The predicted molar refractivity (Wildman–Crippen MR) is 205 cm³/mol. The Morgan fingerprint density at radius 2 is 1.50 bits per heavy atom. The van der Waals surface area contributed by atoms with Crippen LogP contribution in [-0.4, -0.2) is 76.4 Å². The maximum absolute atomic E-state index is 12.6. The molecule has 0 saturated heterocycles. The van der Waals surface area contributed by atoms with E-state index in [1.165, 1.54) is 6.92 Å². The molecule has 0 aromatic heterocycles. The van der Waals surface area contributed by atoms with Gasteiger partial charge in [0.2, 0.25) is 5.75 Å². The summed E-state index contributed by atoms with van der Waals surface area (Å²) in [5.74, 6) is 2.04. The lowest BCUT2D eigenvalue weighted by Gasteiger charge is -2.46. The molecule has 0 saturated carbocycles. The lowest BCUT2D eigenvalue weighted by molar-refractivity contribution is -0.936. The lowest BCUT2D eigenvalue weighted by atomic mass is 9.86. The highest BCUT2D eigenvalue weighted by Crippen LogP contribution is 2.52. The maximum atomic E-state index is 12.6. The van der Waals surface area contributed by atoms with Crippen molar-refractivity contribution in [1.29, 1.82) is 0 Å². The van der Waals surface area contributed by atoms with Gasteiger partial charge in [0, 0.05) is 43.5 Å². The third kappa shape index (κ3) is 7.77. The number of esters is 1. The van der Waals surface area contributed by atoms with Gasteiger partial charge in [0.15, 0.2) is 34.5 Å². The van der Waals surface area contributed by atoms with Crippen LogP contribution in [0.2, 0.25) is 0 Å². The molecule has 0 radical (unpaired) electrons. The molecule has 6 bridgehead atoms. The minimum atomic E-state index is -1.11. The van der Waals surface area contributed by atoms with Crippen LogP contribution in [-0.2, 0) is 35.3 Å². The fraction of sp³-hybridized carbons (Fsp3) is 0.366. The highest BCUT2D eigenvalue weighted by Gasteiger charge is 2.41. The molecule has 288 valence electrons. The number of aliphatic carboxylic acids is 1. The second-order valence-electron chi connectivity index (χ2n) is 14.1. The summed E-state index contributed by atoms with van der Waals surface area (Å²) >= 11 is 0. The highest BCUT2D eigenvalue weighted by atomic mass is 35.5. The van der Waals surface area contributed by atoms with Crippen LogP contribution in [0.5, 0.6) is 46.0 Å². The van der Waals surface area contributed by atoms with Gasteiger partial charge in [-0.05, 0) is 84.6 Å². The number of quaternary nitrogens is 1. The standard InChI is InChI=1S/C41H44N2O9.2ClH/c1-24(44)50-40-37(49-6)21-28-13-15-42(2)31-17-26-9-12-33(47-4)35(19-26)51-29-10-7-25(8-11-29)18-32-30-22-36(52-41(40)39(28)31)34(48-5)20-27(30)14-16-43(32,3)23-38(45)46;;/h7-12,19-22,31-32H,13-18,23H2,1-6H3;2*1H. The SMILES string of the molecule is COc1ccc2cc1Oc1ccc(cc1)CC1c3cc(c(OC)cc3CC[N+]1(C)CC(=O)[O-])Oc1c(OC(C)=O)c(OC)cc3c1C(C2)N(C)CC3.Cl.Cl. The van der Waals surface area contributed by atoms with Crippen molar-refractivity contribution in [3.8, 4) is 46.0 Å². The number of likely N-dealkylation sites (N-methyl/N-ethyl adjacent to an activating group) is 2. The van der Waals surface area contributed by atoms with E-state index in [1.54, 1.807) is 21.3 Å². The van der Waals surface area contributed by atoms with Gasteiger partial charge in [-0.15, -0.1) is 24.8 Å². The molecule has 8 rings (SSSR count). The third-order valence-electron chi connectivity index (χ3n) is 10.8. The second-order valence-corrected chi connectivity index (χ2v) is 14.1. The first kappa shape index (κ1) is 40.5. The van der Waals surface area contributed by atoms with E-state index in [4.69, 9.17) is 28.4 Å². The van der Waals surface area contributed by atoms with Gasteiger partial charge in [0.1, 0.15) is 18.3 Å². The number of nitrogens with zero attached hydrogens (tertiary/aromatic N) is 2. The highest BCUT2D eigenvalue weighted by molar-refractivity contribution is 5.85. The van der Waals surface area contributed by atoms with E-state index in [1.807, 2.05) is 67.7 Å². The van der Waals surface area contributed by atoms with Gasteiger partial charge in [-0.1, -0.05) is 18.2 Å². The molecule has 4 aromatic carbocycles. The van der Waals surface area contributed by atoms with E-state index in [9.17, 15) is 14.7 Å². The number of benzene rings is 4. The van der Waals surface area contributed by atoms with E-state index in [2.05, 4.69) is 11.9 Å². The summed E-state index contributed by atoms with van der Waals surface area (Å²) in [7, 11) is 8.79. The Morgan fingerprint density at radius 1 is 0.833 bits per heavy atom. The molecular formula is C41H46Cl2N2O9. The summed E-state index contributed by atoms with van der Waals surface area (Å²) in [4.78, 5) is 27.1. The number of methoxy groups -OCH3 is 3. The van der Waals surface area contributed by atoms with Gasteiger partial charge >= 0.3 is 5.97 Å². The number of carboxylic acid groups (broad SMARTS) is 1. The van der Waals surface area contributed by atoms with E-state index in [-0.39, 0.29) is 53.7 Å². The zero-order valence-corrected chi connectivity index (χ0v) is 32.9. The Labute approximate surface area is 328 Å². The lowest BCUT2D eigenvalue weighted by Crippen LogP contribution is -2.56. The van der Waals surface area contributed by atoms with Crippen LogP contribution in [0.15, 0.2) is 60.7 Å². The van der Waals surface area contributed by atoms with Crippen molar-refractivity contribution in [2.45, 2.75) is 44.7 Å². The van der Waals surface area contributed by atoms with Crippen LogP contribution >= 0.6 is 24.8 Å². The Balaban J connectivity index is 0.00000280. The van der Waals surface area contributed by atoms with E-state index < -0.39 is 11.9 Å². The predicted octanol–water partition coefficient (Wildman–Crippen LogP) is 6.19. The zero-order chi connectivity index (χ0) is 36.7. The molecule has 3 atom stereocenters. The minimum Gasteiger partial charge on any atom is -0.544 e. The van der Waals surface area contributed by atoms with Crippen molar-refractivity contribution >= 4 is 36.8 Å². The van der Waals surface area contributed by atoms with Gasteiger partial charge in [-0.25, -0.2) is 0 Å². The van der Waals surface area contributed by atoms with Crippen LogP contribution < -0.4 is 33.5 Å². The van der Waals surface area contributed by atoms with Gasteiger partial charge in [-0.3, -0.25) is 9.69 Å². The number of rotatable bonds is 6. The molecule has 0 amide bonds. The minimum absolute atomic E-state index is 0. The largest absolute Gasteiger partial charge is 0.544 e. The van der Waals surface area contributed by atoms with Crippen molar-refractivity contribution in [3.05, 3.63) is 94.0 Å². The van der Waals surface area contributed by atoms with Crippen LogP contribution in [0.4, 0.5) is 0 Å². The summed E-state index contributed by atoms with van der Waals surface area (Å²) < 4.78 is 37.0. The van der Waals surface area contributed by atoms with Crippen molar-refractivity contribution < 1.29 is 47.6 Å². The first-order valence-corrected chi connectivity index (χ1v) is 17.5. The monoisotopic (exact) mass is 780 g/mol. The van der Waals surface area contributed by atoms with E-state index in [0.29, 0.717) is 72.5 Å². The van der Waals surface area contributed by atoms with E-state index >= 15 is 0 Å². The van der Waals surface area contributed by atoms with Crippen LogP contribution in [0.3, 0.4) is 0 Å². The quantitative estimate of drug-likeness (QED) is 0.128. The Hall–Kier alpha value is -4.68. The number of carbonyl (C=O) groups excluding carboxylic acids is 2. The molecule has 0 spiro atoms. The first-order valence-electron chi connectivity index (χ1n) is 17.5. The Kier molecular flexibility index (Phi) is 12.3. The molecule has 4 aromatic rings. The van der Waals surface area contributed by atoms with Crippen LogP contribution in [0.1, 0.15) is 52.4 Å². The van der Waals surface area contributed by atoms with Gasteiger partial charge < -0.3 is 42.8 Å². The molecule has 54 heavy (non-hydrogen) atoms. The Morgan fingerprint density at radius 3 is 2.17 bits per heavy atom. The fourth-order valence-electron chi connectivity index (χ4n) is 8.05. The normalized spacial score (nSPS) is 19.9. The molecule has 4 heterocycles. The summed E-state index contributed by atoms with van der Waals surface area (Å²) in [5.41, 5.74) is 5.90. The molecule has 4 aliphatic rings. The van der Waals surface area contributed by atoms with Crippen LogP contribution in [0, 0.1) is 0 Å². The molecular weight excluding hydrogens is 735 g/mol. The van der Waals surface area contributed by atoms with Gasteiger partial charge in [0.25, 0.3) is 0 Å². The van der Waals surface area contributed by atoms with E-state index in [0.717, 1.165) is 39.9 Å². The fourth-order valence-corrected chi connectivity index (χ4v) is 8.05. The molecule has 3 unspecified atom stereocenters. The number of carbonyl (C=O) groups is 2. The van der Waals surface area contributed by atoms with Gasteiger partial charge in [0.05, 0.1) is 40.9 Å². The smallest absolute Gasteiger partial charge is 0.308 e.